The molecule has 210 valence electrons. The third-order valence-corrected chi connectivity index (χ3v) is 6.44. The molecule has 0 aliphatic rings. The van der Waals surface area contributed by atoms with E-state index in [0.717, 1.165) is 60.3 Å². The minimum Gasteiger partial charge on any atom is -0.481 e. The van der Waals surface area contributed by atoms with Crippen LogP contribution >= 0.6 is 0 Å². The molecule has 1 aromatic carbocycles. The molecule has 1 unspecified atom stereocenters. The average Bonchev–Trinajstić information content (AvgIpc) is 2.84. The number of amides is 1. The number of carbonyl (C=O) groups excluding carboxylic acids is 1. The van der Waals surface area contributed by atoms with Crippen molar-refractivity contribution in [2.75, 3.05) is 44.8 Å². The second-order valence-electron chi connectivity index (χ2n) is 10.0. The Morgan fingerprint density at radius 1 is 1.08 bits per heavy atom. The lowest BCUT2D eigenvalue weighted by Crippen LogP contribution is -2.38. The van der Waals surface area contributed by atoms with Crippen LogP contribution in [0.2, 0.25) is 0 Å². The number of aryl methyl sites for hydroxylation is 1. The van der Waals surface area contributed by atoms with Crippen molar-refractivity contribution < 1.29 is 19.8 Å². The van der Waals surface area contributed by atoms with Crippen LogP contribution in [0.1, 0.15) is 61.4 Å². The number of nitrogens with zero attached hydrogens (tertiary/aromatic N) is 4. The van der Waals surface area contributed by atoms with E-state index in [9.17, 15) is 9.59 Å². The second kappa shape index (κ2) is 15.9. The number of nitrogens with two attached hydrogens (primary N) is 1. The Balaban J connectivity index is 2.13. The maximum absolute atomic E-state index is 13.0. The summed E-state index contributed by atoms with van der Waals surface area (Å²) in [6.07, 6.45) is 4.93. The molecule has 0 radical (unpaired) electrons. The van der Waals surface area contributed by atoms with Gasteiger partial charge in [-0.1, -0.05) is 31.2 Å². The molecule has 0 spiro atoms. The zero-order valence-corrected chi connectivity index (χ0v) is 23.2. The molecule has 38 heavy (non-hydrogen) atoms. The molecule has 5 N–H and O–H groups in total. The number of nitrogens with one attached hydrogen (secondary N) is 1. The molecule has 0 bridgehead atoms. The second-order valence-corrected chi connectivity index (χ2v) is 10.0. The number of anilines is 2. The number of aliphatic carboxylic acids is 1. The van der Waals surface area contributed by atoms with Crippen LogP contribution in [0.4, 0.5) is 11.8 Å². The Kier molecular flexibility index (Phi) is 12.9. The molecular weight excluding hydrogens is 484 g/mol. The minimum absolute atomic E-state index is 0.0245. The number of aromatic nitrogens is 2. The lowest BCUT2D eigenvalue weighted by atomic mass is 10.0. The quantitative estimate of drug-likeness (QED) is 0.228. The fraction of sp³-hybridized carbons (Fsp3) is 0.571. The lowest BCUT2D eigenvalue weighted by Gasteiger charge is -2.25. The Morgan fingerprint density at radius 3 is 2.37 bits per heavy atom. The number of carbonyl (C=O) groups is 2. The van der Waals surface area contributed by atoms with Gasteiger partial charge in [-0.05, 0) is 70.7 Å². The van der Waals surface area contributed by atoms with Crippen LogP contribution in [0.5, 0.6) is 0 Å². The summed E-state index contributed by atoms with van der Waals surface area (Å²) < 4.78 is 0. The van der Waals surface area contributed by atoms with Gasteiger partial charge in [0, 0.05) is 37.0 Å². The van der Waals surface area contributed by atoms with E-state index in [1.54, 1.807) is 12.1 Å². The molecule has 0 aliphatic carbocycles. The number of nitrogen functional groups attached to an aromatic ring is 1. The van der Waals surface area contributed by atoms with Crippen LogP contribution in [0, 0.1) is 6.92 Å². The predicted molar refractivity (Wildman–Crippen MR) is 150 cm³/mol. The van der Waals surface area contributed by atoms with E-state index >= 15 is 0 Å². The van der Waals surface area contributed by atoms with Crippen LogP contribution in [0.15, 0.2) is 24.3 Å². The highest BCUT2D eigenvalue weighted by atomic mass is 16.4. The number of rotatable bonds is 17. The van der Waals surface area contributed by atoms with Crippen molar-refractivity contribution in [3.8, 4) is 0 Å². The van der Waals surface area contributed by atoms with Gasteiger partial charge in [-0.25, -0.2) is 4.98 Å². The molecule has 0 fully saturated rings. The summed E-state index contributed by atoms with van der Waals surface area (Å²) in [5.74, 6) is 0.133. The number of carboxylic acids is 1. The van der Waals surface area contributed by atoms with Gasteiger partial charge in [-0.2, -0.15) is 4.98 Å². The van der Waals surface area contributed by atoms with Gasteiger partial charge < -0.3 is 31.1 Å². The smallest absolute Gasteiger partial charge is 0.307 e. The Morgan fingerprint density at radius 2 is 1.76 bits per heavy atom. The zero-order valence-electron chi connectivity index (χ0n) is 23.2. The van der Waals surface area contributed by atoms with Gasteiger partial charge in [0.1, 0.15) is 5.82 Å². The highest BCUT2D eigenvalue weighted by molar-refractivity contribution is 5.78. The number of carboxylic acid groups (broad SMARTS) is 1. The van der Waals surface area contributed by atoms with Crippen molar-refractivity contribution in [3.05, 3.63) is 46.6 Å². The maximum atomic E-state index is 13.0. The Bertz CT molecular complexity index is 1030. The van der Waals surface area contributed by atoms with E-state index in [-0.39, 0.29) is 30.9 Å². The average molecular weight is 529 g/mol. The van der Waals surface area contributed by atoms with Crippen molar-refractivity contribution in [3.63, 3.8) is 0 Å². The van der Waals surface area contributed by atoms with E-state index in [2.05, 4.69) is 22.2 Å². The molecule has 1 atom stereocenters. The largest absolute Gasteiger partial charge is 0.481 e. The van der Waals surface area contributed by atoms with E-state index < -0.39 is 5.97 Å². The van der Waals surface area contributed by atoms with Crippen LogP contribution in [0.3, 0.4) is 0 Å². The number of unbranched alkanes of at least 4 members (excludes halogenated alkanes) is 1. The van der Waals surface area contributed by atoms with Crippen molar-refractivity contribution in [2.45, 2.75) is 71.4 Å². The van der Waals surface area contributed by atoms with Crippen molar-refractivity contribution >= 4 is 23.6 Å². The molecule has 10 nitrogen and oxygen atoms in total. The topological polar surface area (TPSA) is 145 Å². The minimum atomic E-state index is -0.869. The third-order valence-electron chi connectivity index (χ3n) is 6.44. The summed E-state index contributed by atoms with van der Waals surface area (Å²) in [7, 11) is 3.74. The van der Waals surface area contributed by atoms with Crippen LogP contribution in [0.25, 0.3) is 0 Å². The molecule has 1 heterocycles. The van der Waals surface area contributed by atoms with E-state index in [0.29, 0.717) is 26.1 Å². The van der Waals surface area contributed by atoms with Gasteiger partial charge in [0.25, 0.3) is 0 Å². The summed E-state index contributed by atoms with van der Waals surface area (Å²) in [6, 6.07) is 7.59. The first-order valence-electron chi connectivity index (χ1n) is 13.3. The lowest BCUT2D eigenvalue weighted by molar-refractivity contribution is -0.136. The third kappa shape index (κ3) is 10.6. The molecule has 10 heteroatoms. The fourth-order valence-corrected chi connectivity index (χ4v) is 4.38. The number of hydrogen-bond acceptors (Lipinski definition) is 8. The number of likely N-dealkylation sites (N-methyl/N-ethyl adjacent to an activating group) is 1. The Labute approximate surface area is 226 Å². The van der Waals surface area contributed by atoms with Crippen molar-refractivity contribution in [1.82, 2.24) is 19.8 Å². The van der Waals surface area contributed by atoms with E-state index in [1.165, 1.54) is 0 Å². The summed E-state index contributed by atoms with van der Waals surface area (Å²) in [6.45, 7) is 5.55. The molecule has 0 aliphatic heterocycles. The summed E-state index contributed by atoms with van der Waals surface area (Å²) in [5.41, 5.74) is 9.47. The van der Waals surface area contributed by atoms with Gasteiger partial charge in [-0.15, -0.1) is 0 Å². The van der Waals surface area contributed by atoms with Crippen molar-refractivity contribution in [2.24, 2.45) is 0 Å². The highest BCUT2D eigenvalue weighted by Crippen LogP contribution is 2.22. The molecule has 0 saturated carbocycles. The first-order valence-corrected chi connectivity index (χ1v) is 13.3. The van der Waals surface area contributed by atoms with Gasteiger partial charge >= 0.3 is 5.97 Å². The number of aliphatic hydroxyl groups is 1. The van der Waals surface area contributed by atoms with Crippen LogP contribution in [-0.4, -0.2) is 81.7 Å². The molecule has 1 aromatic heterocycles. The molecule has 0 saturated heterocycles. The standard InChI is InChI=1S/C28H44N6O4/c1-5-23(9-6-7-16-35)31-27-24(20(2)30-28(29)32-27)10-8-15-34(25(36)19-33(3)4)18-22-13-11-21(12-14-22)17-26(37)38/h11-14,23,35H,5-10,15-19H2,1-4H3,(H,37,38)(H3,29,30,31,32). The number of benzene rings is 1. The SMILES string of the molecule is CCC(CCCCO)Nc1nc(N)nc(C)c1CCCN(Cc1ccc(CC(=O)O)cc1)C(=O)CN(C)C. The van der Waals surface area contributed by atoms with E-state index in [4.69, 9.17) is 15.9 Å². The summed E-state index contributed by atoms with van der Waals surface area (Å²) >= 11 is 0. The van der Waals surface area contributed by atoms with Crippen LogP contribution < -0.4 is 11.1 Å². The normalized spacial score (nSPS) is 11.9. The summed E-state index contributed by atoms with van der Waals surface area (Å²) in [4.78, 5) is 36.6. The molecule has 1 amide bonds. The zero-order chi connectivity index (χ0) is 28.1. The van der Waals surface area contributed by atoms with E-state index in [1.807, 2.05) is 43.0 Å². The van der Waals surface area contributed by atoms with Gasteiger partial charge in [0.15, 0.2) is 0 Å². The van der Waals surface area contributed by atoms with Crippen LogP contribution in [-0.2, 0) is 29.0 Å². The summed E-state index contributed by atoms with van der Waals surface area (Å²) in [5, 5.41) is 21.7. The van der Waals surface area contributed by atoms with Crippen molar-refractivity contribution in [1.29, 1.82) is 0 Å². The van der Waals surface area contributed by atoms with Gasteiger partial charge in [-0.3, -0.25) is 9.59 Å². The molecule has 2 rings (SSSR count). The fourth-order valence-electron chi connectivity index (χ4n) is 4.38. The predicted octanol–water partition coefficient (Wildman–Crippen LogP) is 2.87. The molecular formula is C28H44N6O4. The van der Waals surface area contributed by atoms with Gasteiger partial charge in [0.05, 0.1) is 13.0 Å². The number of aliphatic hydroxyl groups excluding tert-OH is 1. The molecule has 2 aromatic rings. The monoisotopic (exact) mass is 528 g/mol. The number of hydrogen-bond donors (Lipinski definition) is 4. The Hall–Kier alpha value is -3.24. The first kappa shape index (κ1) is 31.0. The highest BCUT2D eigenvalue weighted by Gasteiger charge is 2.18. The van der Waals surface area contributed by atoms with Gasteiger partial charge in [0.2, 0.25) is 11.9 Å². The maximum Gasteiger partial charge on any atom is 0.307 e. The first-order chi connectivity index (χ1) is 18.1.